The lowest BCUT2D eigenvalue weighted by molar-refractivity contribution is 0.0953. The number of carbonyl (C=O) groups excluding carboxylic acids is 2. The fraction of sp³-hybridized carbons (Fsp3) is 0.364. The molecule has 0 aliphatic heterocycles. The minimum Gasteiger partial charge on any atom is -0.378 e. The second kappa shape index (κ2) is 9.26. The first-order chi connectivity index (χ1) is 13.5. The second-order valence-electron chi connectivity index (χ2n) is 7.37. The molecule has 0 aromatic heterocycles. The lowest BCUT2D eigenvalue weighted by Crippen LogP contribution is -2.30. The van der Waals surface area contributed by atoms with E-state index in [1.165, 1.54) is 11.3 Å². The van der Waals surface area contributed by atoms with E-state index >= 15 is 0 Å². The van der Waals surface area contributed by atoms with Gasteiger partial charge in [0.2, 0.25) is 0 Å². The molecular weight excluding hydrogens is 352 g/mol. The van der Waals surface area contributed by atoms with Gasteiger partial charge in [0.25, 0.3) is 5.91 Å². The number of hydrogen-bond donors (Lipinski definition) is 3. The molecule has 0 heterocycles. The molecule has 3 amide bonds. The minimum absolute atomic E-state index is 0.100. The molecular formula is C22H28N4O2. The zero-order valence-corrected chi connectivity index (χ0v) is 16.5. The lowest BCUT2D eigenvalue weighted by atomic mass is 10.1. The van der Waals surface area contributed by atoms with Crippen LogP contribution < -0.4 is 20.9 Å². The molecule has 1 aliphatic carbocycles. The zero-order valence-electron chi connectivity index (χ0n) is 16.5. The average molecular weight is 380 g/mol. The van der Waals surface area contributed by atoms with Crippen LogP contribution in [0.5, 0.6) is 0 Å². The largest absolute Gasteiger partial charge is 0.378 e. The Labute approximate surface area is 166 Å². The highest BCUT2D eigenvalue weighted by molar-refractivity contribution is 5.95. The monoisotopic (exact) mass is 380 g/mol. The summed E-state index contributed by atoms with van der Waals surface area (Å²) in [5.41, 5.74) is 3.71. The molecule has 6 nitrogen and oxygen atoms in total. The number of anilines is 2. The van der Waals surface area contributed by atoms with Gasteiger partial charge in [0.05, 0.1) is 0 Å². The number of hydrogen-bond acceptors (Lipinski definition) is 3. The number of nitrogens with one attached hydrogen (secondary N) is 3. The van der Waals surface area contributed by atoms with Crippen molar-refractivity contribution < 1.29 is 9.59 Å². The van der Waals surface area contributed by atoms with Gasteiger partial charge in [-0.1, -0.05) is 12.1 Å². The van der Waals surface area contributed by atoms with E-state index < -0.39 is 0 Å². The van der Waals surface area contributed by atoms with Crippen LogP contribution in [0.2, 0.25) is 0 Å². The number of benzene rings is 2. The summed E-state index contributed by atoms with van der Waals surface area (Å²) in [6.45, 7) is 0.623. The first-order valence-electron chi connectivity index (χ1n) is 9.73. The first-order valence-corrected chi connectivity index (χ1v) is 9.73. The molecule has 0 atom stereocenters. The first kappa shape index (κ1) is 19.7. The summed E-state index contributed by atoms with van der Waals surface area (Å²) in [7, 11) is 4.05. The van der Waals surface area contributed by atoms with Crippen LogP contribution in [0.3, 0.4) is 0 Å². The minimum atomic E-state index is -0.196. The number of urea groups is 1. The highest BCUT2D eigenvalue weighted by Crippen LogP contribution is 2.19. The van der Waals surface area contributed by atoms with E-state index in [0.717, 1.165) is 25.7 Å². The van der Waals surface area contributed by atoms with E-state index in [-0.39, 0.29) is 11.9 Å². The predicted octanol–water partition coefficient (Wildman–Crippen LogP) is 3.40. The van der Waals surface area contributed by atoms with E-state index in [4.69, 9.17) is 0 Å². The van der Waals surface area contributed by atoms with Gasteiger partial charge in [-0.05, 0) is 67.6 Å². The lowest BCUT2D eigenvalue weighted by Gasteiger charge is -2.12. The van der Waals surface area contributed by atoms with Gasteiger partial charge in [0, 0.05) is 43.6 Å². The van der Waals surface area contributed by atoms with E-state index in [2.05, 4.69) is 45.1 Å². The predicted molar refractivity (Wildman–Crippen MR) is 113 cm³/mol. The SMILES string of the molecule is CN(C)c1ccc(CCCNC(=O)c2ccc(NC(=O)NC3CC3)cc2)cc1. The van der Waals surface area contributed by atoms with Gasteiger partial charge in [-0.2, -0.15) is 0 Å². The summed E-state index contributed by atoms with van der Waals surface area (Å²) < 4.78 is 0. The molecule has 0 bridgehead atoms. The van der Waals surface area contributed by atoms with Gasteiger partial charge in [-0.3, -0.25) is 4.79 Å². The van der Waals surface area contributed by atoms with Crippen LogP contribution >= 0.6 is 0 Å². The van der Waals surface area contributed by atoms with Gasteiger partial charge in [-0.25, -0.2) is 4.79 Å². The number of rotatable bonds is 8. The van der Waals surface area contributed by atoms with Crippen molar-refractivity contribution in [3.8, 4) is 0 Å². The third-order valence-electron chi connectivity index (χ3n) is 4.70. The molecule has 1 aliphatic rings. The van der Waals surface area contributed by atoms with Crippen molar-refractivity contribution >= 4 is 23.3 Å². The van der Waals surface area contributed by atoms with Crippen LogP contribution in [-0.4, -0.2) is 38.6 Å². The number of amides is 3. The van der Waals surface area contributed by atoms with Crippen molar-refractivity contribution in [1.82, 2.24) is 10.6 Å². The zero-order chi connectivity index (χ0) is 19.9. The summed E-state index contributed by atoms with van der Waals surface area (Å²) in [6, 6.07) is 15.5. The molecule has 0 saturated heterocycles. The second-order valence-corrected chi connectivity index (χ2v) is 7.37. The van der Waals surface area contributed by atoms with E-state index in [1.807, 2.05) is 14.1 Å². The molecule has 0 radical (unpaired) electrons. The Morgan fingerprint density at radius 1 is 1.00 bits per heavy atom. The molecule has 2 aromatic carbocycles. The topological polar surface area (TPSA) is 73.5 Å². The molecule has 0 unspecified atom stereocenters. The normalized spacial score (nSPS) is 12.9. The summed E-state index contributed by atoms with van der Waals surface area (Å²) >= 11 is 0. The van der Waals surface area contributed by atoms with Crippen LogP contribution in [-0.2, 0) is 6.42 Å². The van der Waals surface area contributed by atoms with Crippen LogP contribution in [0.1, 0.15) is 35.2 Å². The van der Waals surface area contributed by atoms with Gasteiger partial charge in [0.1, 0.15) is 0 Å². The van der Waals surface area contributed by atoms with Crippen LogP contribution in [0.25, 0.3) is 0 Å². The molecule has 3 rings (SSSR count). The van der Waals surface area contributed by atoms with Gasteiger partial charge in [0.15, 0.2) is 0 Å². The third kappa shape index (κ3) is 6.01. The van der Waals surface area contributed by atoms with Crippen molar-refractivity contribution in [1.29, 1.82) is 0 Å². The van der Waals surface area contributed by atoms with Crippen molar-refractivity contribution in [3.63, 3.8) is 0 Å². The van der Waals surface area contributed by atoms with Crippen molar-refractivity contribution in [2.45, 2.75) is 31.7 Å². The summed E-state index contributed by atoms with van der Waals surface area (Å²) in [4.78, 5) is 26.0. The Kier molecular flexibility index (Phi) is 6.53. The summed E-state index contributed by atoms with van der Waals surface area (Å²) in [6.07, 6.45) is 3.91. The highest BCUT2D eigenvalue weighted by Gasteiger charge is 2.23. The molecule has 1 fully saturated rings. The standard InChI is InChI=1S/C22H28N4O2/c1-26(2)20-13-5-16(6-14-20)4-3-15-23-21(27)17-7-9-18(10-8-17)24-22(28)25-19-11-12-19/h5-10,13-14,19H,3-4,11-12,15H2,1-2H3,(H,23,27)(H2,24,25,28). The Morgan fingerprint density at radius 3 is 2.29 bits per heavy atom. The van der Waals surface area contributed by atoms with E-state index in [0.29, 0.717) is 23.8 Å². The maximum absolute atomic E-state index is 12.2. The molecule has 28 heavy (non-hydrogen) atoms. The van der Waals surface area contributed by atoms with Gasteiger partial charge >= 0.3 is 6.03 Å². The van der Waals surface area contributed by atoms with Crippen LogP contribution in [0.4, 0.5) is 16.2 Å². The van der Waals surface area contributed by atoms with Crippen LogP contribution in [0.15, 0.2) is 48.5 Å². The number of aryl methyl sites for hydroxylation is 1. The number of carbonyl (C=O) groups is 2. The summed E-state index contributed by atoms with van der Waals surface area (Å²) in [5.74, 6) is -0.100. The summed E-state index contributed by atoms with van der Waals surface area (Å²) in [5, 5.41) is 8.59. The average Bonchev–Trinajstić information content (AvgIpc) is 3.50. The molecule has 0 spiro atoms. The van der Waals surface area contributed by atoms with Gasteiger partial charge < -0.3 is 20.9 Å². The van der Waals surface area contributed by atoms with E-state index in [9.17, 15) is 9.59 Å². The molecule has 2 aromatic rings. The fourth-order valence-electron chi connectivity index (χ4n) is 2.84. The quantitative estimate of drug-likeness (QED) is 0.615. The Hall–Kier alpha value is -3.02. The maximum Gasteiger partial charge on any atom is 0.319 e. The van der Waals surface area contributed by atoms with Crippen molar-refractivity contribution in [2.24, 2.45) is 0 Å². The van der Waals surface area contributed by atoms with Crippen LogP contribution in [0, 0.1) is 0 Å². The molecule has 3 N–H and O–H groups in total. The molecule has 148 valence electrons. The number of nitrogens with zero attached hydrogens (tertiary/aromatic N) is 1. The maximum atomic E-state index is 12.2. The van der Waals surface area contributed by atoms with Gasteiger partial charge in [-0.15, -0.1) is 0 Å². The molecule has 1 saturated carbocycles. The van der Waals surface area contributed by atoms with Crippen molar-refractivity contribution in [3.05, 3.63) is 59.7 Å². The highest BCUT2D eigenvalue weighted by atomic mass is 16.2. The van der Waals surface area contributed by atoms with Crippen molar-refractivity contribution in [2.75, 3.05) is 30.9 Å². The third-order valence-corrected chi connectivity index (χ3v) is 4.70. The molecule has 6 heteroatoms. The Balaban J connectivity index is 1.38. The fourth-order valence-corrected chi connectivity index (χ4v) is 2.84. The Morgan fingerprint density at radius 2 is 1.68 bits per heavy atom. The smallest absolute Gasteiger partial charge is 0.319 e. The Bertz CT molecular complexity index is 796. The van der Waals surface area contributed by atoms with E-state index in [1.54, 1.807) is 24.3 Å².